The molecule has 88 valence electrons. The first-order valence-corrected chi connectivity index (χ1v) is 5.82. The number of fused-ring (bicyclic) bond motifs is 1. The Labute approximate surface area is 96.1 Å². The third-order valence-electron chi connectivity index (χ3n) is 3.31. The van der Waals surface area contributed by atoms with E-state index in [1.54, 1.807) is 0 Å². The van der Waals surface area contributed by atoms with Crippen molar-refractivity contribution in [2.75, 3.05) is 19.8 Å². The van der Waals surface area contributed by atoms with E-state index in [-0.39, 0.29) is 11.9 Å². The van der Waals surface area contributed by atoms with Gasteiger partial charge in [-0.2, -0.15) is 0 Å². The molecule has 3 nitrogen and oxygen atoms in total. The normalized spacial score (nSPS) is 33.3. The van der Waals surface area contributed by atoms with Gasteiger partial charge in [-0.25, -0.2) is 0 Å². The molecule has 1 fully saturated rings. The predicted octanol–water partition coefficient (Wildman–Crippen LogP) is 1.94. The summed E-state index contributed by atoms with van der Waals surface area (Å²) in [5.41, 5.74) is 1.12. The average Bonchev–Trinajstić information content (AvgIpc) is 2.66. The molecular weight excluding hydrogens is 204 g/mol. The van der Waals surface area contributed by atoms with E-state index >= 15 is 0 Å². The largest absolute Gasteiger partial charge is 0.466 e. The number of esters is 1. The van der Waals surface area contributed by atoms with Gasteiger partial charge in [-0.1, -0.05) is 24.3 Å². The fourth-order valence-electron chi connectivity index (χ4n) is 2.37. The number of carbonyl (C=O) groups is 1. The van der Waals surface area contributed by atoms with Gasteiger partial charge in [-0.15, -0.1) is 0 Å². The molecule has 0 radical (unpaired) electrons. The predicted molar refractivity (Wildman–Crippen MR) is 60.8 cm³/mol. The Hall–Kier alpha value is -1.09. The van der Waals surface area contributed by atoms with E-state index in [2.05, 4.69) is 12.7 Å². The van der Waals surface area contributed by atoms with Gasteiger partial charge in [0.2, 0.25) is 0 Å². The Morgan fingerprint density at radius 1 is 1.56 bits per heavy atom. The monoisotopic (exact) mass is 222 g/mol. The number of carbonyl (C=O) groups excluding carboxylic acids is 1. The smallest absolute Gasteiger partial charge is 0.313 e. The van der Waals surface area contributed by atoms with Crippen LogP contribution in [0.15, 0.2) is 24.3 Å². The van der Waals surface area contributed by atoms with E-state index < -0.39 is 0 Å². The molecule has 3 heteroatoms. The molecule has 0 saturated carbocycles. The van der Waals surface area contributed by atoms with Gasteiger partial charge < -0.3 is 9.47 Å². The lowest BCUT2D eigenvalue weighted by molar-refractivity contribution is -0.146. The first-order valence-electron chi connectivity index (χ1n) is 5.82. The molecule has 2 aliphatic rings. The van der Waals surface area contributed by atoms with Crippen molar-refractivity contribution in [2.24, 2.45) is 17.8 Å². The van der Waals surface area contributed by atoms with Crippen molar-refractivity contribution in [2.45, 2.75) is 13.3 Å². The van der Waals surface area contributed by atoms with Gasteiger partial charge >= 0.3 is 5.97 Å². The summed E-state index contributed by atoms with van der Waals surface area (Å²) in [6, 6.07) is 0. The highest BCUT2D eigenvalue weighted by Crippen LogP contribution is 2.35. The van der Waals surface area contributed by atoms with Gasteiger partial charge in [0.25, 0.3) is 0 Å². The molecule has 1 heterocycles. The summed E-state index contributed by atoms with van der Waals surface area (Å²) in [6.45, 7) is 7.83. The number of hydrogen-bond acceptors (Lipinski definition) is 3. The average molecular weight is 222 g/mol. The lowest BCUT2D eigenvalue weighted by Crippen LogP contribution is -2.17. The van der Waals surface area contributed by atoms with Crippen LogP contribution in [0.2, 0.25) is 0 Å². The van der Waals surface area contributed by atoms with Gasteiger partial charge in [0.1, 0.15) is 0 Å². The second-order valence-electron chi connectivity index (χ2n) is 4.41. The minimum absolute atomic E-state index is 0.138. The van der Waals surface area contributed by atoms with E-state index in [9.17, 15) is 4.79 Å². The molecule has 1 saturated heterocycles. The van der Waals surface area contributed by atoms with Crippen LogP contribution in [0.25, 0.3) is 0 Å². The molecule has 0 aromatic rings. The third-order valence-corrected chi connectivity index (χ3v) is 3.31. The van der Waals surface area contributed by atoms with Crippen molar-refractivity contribution in [3.8, 4) is 0 Å². The Morgan fingerprint density at radius 2 is 2.38 bits per heavy atom. The van der Waals surface area contributed by atoms with Gasteiger partial charge in [0.15, 0.2) is 0 Å². The van der Waals surface area contributed by atoms with E-state index in [0.717, 1.165) is 18.8 Å². The SMILES string of the molecule is C=C1C[C@H](C(=O)OCC)C=C[C@@H]2COC[C@H]12. The van der Waals surface area contributed by atoms with Gasteiger partial charge in [-0.3, -0.25) is 4.79 Å². The van der Waals surface area contributed by atoms with Crippen molar-refractivity contribution < 1.29 is 14.3 Å². The zero-order chi connectivity index (χ0) is 11.5. The summed E-state index contributed by atoms with van der Waals surface area (Å²) in [4.78, 5) is 11.7. The Morgan fingerprint density at radius 3 is 3.12 bits per heavy atom. The Balaban J connectivity index is 2.08. The minimum atomic E-state index is -0.155. The molecule has 0 aromatic carbocycles. The lowest BCUT2D eigenvalue weighted by Gasteiger charge is -2.16. The van der Waals surface area contributed by atoms with Crippen LogP contribution in [-0.2, 0) is 14.3 Å². The standard InChI is InChI=1S/C13H18O3/c1-3-16-13(14)10-4-5-11-7-15-8-12(11)9(2)6-10/h4-5,10-12H,2-3,6-8H2,1H3/t10-,11-,12-/m1/s1. The van der Waals surface area contributed by atoms with E-state index in [0.29, 0.717) is 24.9 Å². The molecular formula is C13H18O3. The maximum absolute atomic E-state index is 11.7. The van der Waals surface area contributed by atoms with Crippen LogP contribution >= 0.6 is 0 Å². The number of rotatable bonds is 2. The van der Waals surface area contributed by atoms with E-state index in [1.807, 2.05) is 13.0 Å². The molecule has 16 heavy (non-hydrogen) atoms. The maximum Gasteiger partial charge on any atom is 0.313 e. The van der Waals surface area contributed by atoms with Crippen molar-refractivity contribution >= 4 is 5.97 Å². The molecule has 0 aromatic heterocycles. The fraction of sp³-hybridized carbons (Fsp3) is 0.615. The fourth-order valence-corrected chi connectivity index (χ4v) is 2.37. The van der Waals surface area contributed by atoms with Crippen LogP contribution in [-0.4, -0.2) is 25.8 Å². The summed E-state index contributed by atoms with van der Waals surface area (Å²) in [7, 11) is 0. The van der Waals surface area contributed by atoms with E-state index in [4.69, 9.17) is 9.47 Å². The van der Waals surface area contributed by atoms with Crippen molar-refractivity contribution in [1.82, 2.24) is 0 Å². The molecule has 0 spiro atoms. The van der Waals surface area contributed by atoms with Crippen molar-refractivity contribution in [3.05, 3.63) is 24.3 Å². The summed E-state index contributed by atoms with van der Waals surface area (Å²) in [6.07, 6.45) is 4.75. The molecule has 3 atom stereocenters. The van der Waals surface area contributed by atoms with Crippen LogP contribution in [0.4, 0.5) is 0 Å². The maximum atomic E-state index is 11.7. The first kappa shape index (κ1) is 11.4. The second kappa shape index (κ2) is 4.83. The van der Waals surface area contributed by atoms with Crippen LogP contribution in [0, 0.1) is 17.8 Å². The minimum Gasteiger partial charge on any atom is -0.466 e. The molecule has 2 rings (SSSR count). The highest BCUT2D eigenvalue weighted by Gasteiger charge is 2.33. The highest BCUT2D eigenvalue weighted by molar-refractivity contribution is 5.75. The zero-order valence-corrected chi connectivity index (χ0v) is 9.65. The van der Waals surface area contributed by atoms with Gasteiger partial charge in [0.05, 0.1) is 25.7 Å². The summed E-state index contributed by atoms with van der Waals surface area (Å²) >= 11 is 0. The van der Waals surface area contributed by atoms with Crippen LogP contribution in [0.1, 0.15) is 13.3 Å². The quantitative estimate of drug-likeness (QED) is 0.529. The summed E-state index contributed by atoms with van der Waals surface area (Å²) in [5.74, 6) is 0.487. The first-order chi connectivity index (χ1) is 7.72. The topological polar surface area (TPSA) is 35.5 Å². The van der Waals surface area contributed by atoms with Crippen LogP contribution in [0.5, 0.6) is 0 Å². The van der Waals surface area contributed by atoms with Gasteiger partial charge in [0, 0.05) is 11.8 Å². The second-order valence-corrected chi connectivity index (χ2v) is 4.41. The molecule has 1 aliphatic heterocycles. The van der Waals surface area contributed by atoms with Gasteiger partial charge in [-0.05, 0) is 13.3 Å². The summed E-state index contributed by atoms with van der Waals surface area (Å²) < 4.78 is 10.5. The summed E-state index contributed by atoms with van der Waals surface area (Å²) in [5, 5.41) is 0. The molecule has 0 N–H and O–H groups in total. The lowest BCUT2D eigenvalue weighted by atomic mass is 9.88. The van der Waals surface area contributed by atoms with Crippen LogP contribution in [0.3, 0.4) is 0 Å². The molecule has 1 aliphatic carbocycles. The number of ether oxygens (including phenoxy) is 2. The zero-order valence-electron chi connectivity index (χ0n) is 9.65. The van der Waals surface area contributed by atoms with Crippen LogP contribution < -0.4 is 0 Å². The van der Waals surface area contributed by atoms with Crippen molar-refractivity contribution in [1.29, 1.82) is 0 Å². The molecule has 0 unspecified atom stereocenters. The highest BCUT2D eigenvalue weighted by atomic mass is 16.5. The third kappa shape index (κ3) is 2.19. The molecule has 0 amide bonds. The molecule has 0 bridgehead atoms. The Bertz CT molecular complexity index is 319. The Kier molecular flexibility index (Phi) is 3.44. The van der Waals surface area contributed by atoms with Crippen molar-refractivity contribution in [3.63, 3.8) is 0 Å². The number of hydrogen-bond donors (Lipinski definition) is 0. The van der Waals surface area contributed by atoms with E-state index in [1.165, 1.54) is 0 Å².